The van der Waals surface area contributed by atoms with Gasteiger partial charge in [-0.1, -0.05) is 18.2 Å². The van der Waals surface area contributed by atoms with Crippen LogP contribution in [0.2, 0.25) is 0 Å². The van der Waals surface area contributed by atoms with E-state index in [4.69, 9.17) is 39.3 Å². The van der Waals surface area contributed by atoms with Crippen LogP contribution in [0.1, 0.15) is 54.7 Å². The van der Waals surface area contributed by atoms with Crippen molar-refractivity contribution < 1.29 is 62.6 Å². The lowest BCUT2D eigenvalue weighted by atomic mass is 10.1. The molecule has 0 unspecified atom stereocenters. The van der Waals surface area contributed by atoms with Crippen LogP contribution in [0.25, 0.3) is 0 Å². The maximum Gasteiger partial charge on any atom is 0.344 e. The molecule has 4 rings (SSSR count). The first-order valence-corrected chi connectivity index (χ1v) is 16.9. The van der Waals surface area contributed by atoms with Gasteiger partial charge < -0.3 is 49.7 Å². The highest BCUT2D eigenvalue weighted by Crippen LogP contribution is 2.31. The number of carbonyl (C=O) groups is 5. The Labute approximate surface area is 318 Å². The number of nitrogen functional groups attached to an aromatic ring is 1. The molecule has 0 radical (unpaired) electrons. The van der Waals surface area contributed by atoms with Gasteiger partial charge in [0.15, 0.2) is 36.2 Å². The zero-order valence-corrected chi connectivity index (χ0v) is 31.5. The zero-order chi connectivity index (χ0) is 40.9. The van der Waals surface area contributed by atoms with Crippen LogP contribution in [0.15, 0.2) is 72.8 Å². The highest BCUT2D eigenvalue weighted by molar-refractivity contribution is 5.78. The third-order valence-electron chi connectivity index (χ3n) is 6.74. The molecule has 0 amide bonds. The Hall–Kier alpha value is -6.77. The van der Waals surface area contributed by atoms with Gasteiger partial charge in [-0.15, -0.1) is 0 Å². The molecule has 0 aliphatic heterocycles. The van der Waals surface area contributed by atoms with Gasteiger partial charge in [0.25, 0.3) is 0 Å². The maximum absolute atomic E-state index is 11.4. The summed E-state index contributed by atoms with van der Waals surface area (Å²) in [6, 6.07) is 19.7. The number of aldehydes is 1. The summed E-state index contributed by atoms with van der Waals surface area (Å²) in [7, 11) is 0. The van der Waals surface area contributed by atoms with E-state index in [1.165, 1.54) is 32.0 Å². The van der Waals surface area contributed by atoms with E-state index >= 15 is 0 Å². The van der Waals surface area contributed by atoms with E-state index in [9.17, 15) is 29.1 Å². The van der Waals surface area contributed by atoms with Crippen LogP contribution in [-0.2, 0) is 35.2 Å². The van der Waals surface area contributed by atoms with E-state index in [-0.39, 0.29) is 60.9 Å². The normalized spacial score (nSPS) is 9.85. The number of carbonyl (C=O) groups excluding carboxylic acids is 5. The number of aryl methyl sites for hydroxylation is 2. The Kier molecular flexibility index (Phi) is 18.6. The minimum atomic E-state index is -0.552. The van der Waals surface area contributed by atoms with E-state index < -0.39 is 23.9 Å². The quantitative estimate of drug-likeness (QED) is 0.0390. The number of phenols is 2. The molecule has 0 fully saturated rings. The largest absolute Gasteiger partial charge is 0.506 e. The van der Waals surface area contributed by atoms with Crippen molar-refractivity contribution in [3.63, 3.8) is 0 Å². The summed E-state index contributed by atoms with van der Waals surface area (Å²) in [4.78, 5) is 55.6. The van der Waals surface area contributed by atoms with Gasteiger partial charge in [-0.25, -0.2) is 9.59 Å². The van der Waals surface area contributed by atoms with Crippen LogP contribution in [0.5, 0.6) is 34.5 Å². The standard InChI is InChI=1S/C20H23NO6.C13H14O6.C7H9NO/c1-4-25-20(24)12-26-18-8-6-15(10-19(18)27-14(3)22)11-21-16-9-13(2)5-7-17(16)23;1-3-17-13(16)8-18-11-5-4-10(7-14)6-12(11)19-9(2)15;1-5-2-3-7(9)6(8)4-5/h5-10,21,23H,4,11-12H2,1-3H3;4-7H,3,8H2,1-2H3;2-4,9H,8H2,1H3. The minimum absolute atomic E-state index is 0.0846. The molecule has 0 heterocycles. The molecule has 15 nitrogen and oxygen atoms in total. The van der Waals surface area contributed by atoms with E-state index in [2.05, 4.69) is 5.32 Å². The molecule has 0 aliphatic rings. The van der Waals surface area contributed by atoms with Crippen molar-refractivity contribution in [3.05, 3.63) is 95.1 Å². The fourth-order valence-electron chi connectivity index (χ4n) is 4.31. The van der Waals surface area contributed by atoms with Crippen molar-refractivity contribution in [2.24, 2.45) is 0 Å². The monoisotopic (exact) mass is 762 g/mol. The molecule has 0 aliphatic carbocycles. The molecule has 5 N–H and O–H groups in total. The number of hydrogen-bond donors (Lipinski definition) is 4. The van der Waals surface area contributed by atoms with Crippen LogP contribution in [-0.4, -0.2) is 66.8 Å². The van der Waals surface area contributed by atoms with Crippen molar-refractivity contribution in [2.45, 2.75) is 48.1 Å². The lowest BCUT2D eigenvalue weighted by Gasteiger charge is -2.13. The number of rotatable bonds is 14. The number of esters is 4. The second kappa shape index (κ2) is 23.0. The molecule has 4 aromatic rings. The number of nitrogens with one attached hydrogen (secondary N) is 1. The third kappa shape index (κ3) is 16.6. The molecule has 0 spiro atoms. The highest BCUT2D eigenvalue weighted by Gasteiger charge is 2.13. The van der Waals surface area contributed by atoms with E-state index in [0.717, 1.165) is 16.7 Å². The first-order chi connectivity index (χ1) is 26.1. The van der Waals surface area contributed by atoms with Gasteiger partial charge in [0.2, 0.25) is 0 Å². The minimum Gasteiger partial charge on any atom is -0.506 e. The molecule has 0 aromatic heterocycles. The topological polar surface area (TPSA) is 219 Å². The summed E-state index contributed by atoms with van der Waals surface area (Å²) >= 11 is 0. The molecule has 0 atom stereocenters. The Morgan fingerprint density at radius 2 is 1.18 bits per heavy atom. The molecule has 0 saturated carbocycles. The number of ether oxygens (including phenoxy) is 6. The SMILES string of the molecule is CCOC(=O)COc1ccc(C=O)cc1OC(C)=O.CCOC(=O)COc1ccc(CNc2cc(C)ccc2O)cc1OC(C)=O.Cc1ccc(O)c(N)c1. The number of benzene rings is 4. The second-order valence-corrected chi connectivity index (χ2v) is 11.4. The molecular formula is C40H46N2O13. The van der Waals surface area contributed by atoms with Crippen molar-refractivity contribution in [1.82, 2.24) is 0 Å². The van der Waals surface area contributed by atoms with Crippen molar-refractivity contribution >= 4 is 41.5 Å². The number of anilines is 2. The molecule has 4 aromatic carbocycles. The predicted molar refractivity (Wildman–Crippen MR) is 203 cm³/mol. The Balaban J connectivity index is 0.000000322. The number of aromatic hydroxyl groups is 2. The summed E-state index contributed by atoms with van der Waals surface area (Å²) in [5.74, 6) is -1.05. The number of hydrogen-bond acceptors (Lipinski definition) is 15. The smallest absolute Gasteiger partial charge is 0.344 e. The van der Waals surface area contributed by atoms with Gasteiger partial charge in [0.1, 0.15) is 17.8 Å². The van der Waals surface area contributed by atoms with E-state index in [1.54, 1.807) is 50.2 Å². The molecule has 15 heteroatoms. The second-order valence-electron chi connectivity index (χ2n) is 11.4. The van der Waals surface area contributed by atoms with Crippen LogP contribution in [0, 0.1) is 13.8 Å². The average molecular weight is 763 g/mol. The fourth-order valence-corrected chi connectivity index (χ4v) is 4.31. The third-order valence-corrected chi connectivity index (χ3v) is 6.74. The van der Waals surface area contributed by atoms with Gasteiger partial charge in [-0.3, -0.25) is 14.4 Å². The summed E-state index contributed by atoms with van der Waals surface area (Å²) in [6.07, 6.45) is 0.613. The molecule has 294 valence electrons. The highest BCUT2D eigenvalue weighted by atomic mass is 16.6. The van der Waals surface area contributed by atoms with Gasteiger partial charge in [0.05, 0.1) is 24.6 Å². The first-order valence-electron chi connectivity index (χ1n) is 16.9. The van der Waals surface area contributed by atoms with Gasteiger partial charge in [-0.05, 0) is 99.0 Å². The summed E-state index contributed by atoms with van der Waals surface area (Å²) in [5.41, 5.74) is 9.62. The number of phenolic OH excluding ortho intramolecular Hbond substituents is 2. The first kappa shape index (κ1) is 44.4. The molecular weight excluding hydrogens is 716 g/mol. The van der Waals surface area contributed by atoms with Crippen molar-refractivity contribution in [3.8, 4) is 34.5 Å². The zero-order valence-electron chi connectivity index (χ0n) is 31.5. The number of nitrogens with two attached hydrogens (primary N) is 1. The van der Waals surface area contributed by atoms with Crippen LogP contribution in [0.4, 0.5) is 11.4 Å². The van der Waals surface area contributed by atoms with Crippen molar-refractivity contribution in [2.75, 3.05) is 37.5 Å². The average Bonchev–Trinajstić information content (AvgIpc) is 3.13. The Morgan fingerprint density at radius 3 is 1.67 bits per heavy atom. The van der Waals surface area contributed by atoms with E-state index in [1.807, 2.05) is 32.0 Å². The maximum atomic E-state index is 11.4. The van der Waals surface area contributed by atoms with Gasteiger partial charge in [-0.2, -0.15) is 0 Å². The summed E-state index contributed by atoms with van der Waals surface area (Å²) < 4.78 is 30.2. The molecule has 0 bridgehead atoms. The molecule has 0 saturated heterocycles. The summed E-state index contributed by atoms with van der Waals surface area (Å²) in [6.45, 7) is 10.1. The van der Waals surface area contributed by atoms with Gasteiger partial charge in [0, 0.05) is 26.0 Å². The lowest BCUT2D eigenvalue weighted by molar-refractivity contribution is -0.146. The van der Waals surface area contributed by atoms with Crippen LogP contribution in [0.3, 0.4) is 0 Å². The van der Waals surface area contributed by atoms with Crippen LogP contribution >= 0.6 is 0 Å². The van der Waals surface area contributed by atoms with E-state index in [0.29, 0.717) is 29.8 Å². The fraction of sp³-hybridized carbons (Fsp3) is 0.275. The van der Waals surface area contributed by atoms with Crippen molar-refractivity contribution in [1.29, 1.82) is 0 Å². The Morgan fingerprint density at radius 1 is 0.673 bits per heavy atom. The Bertz CT molecular complexity index is 1930. The summed E-state index contributed by atoms with van der Waals surface area (Å²) in [5, 5.41) is 22.0. The van der Waals surface area contributed by atoms with Crippen LogP contribution < -0.4 is 30.0 Å². The van der Waals surface area contributed by atoms with Gasteiger partial charge >= 0.3 is 23.9 Å². The predicted octanol–water partition coefficient (Wildman–Crippen LogP) is 5.83. The lowest BCUT2D eigenvalue weighted by Crippen LogP contribution is -2.15. The molecule has 55 heavy (non-hydrogen) atoms.